The number of ether oxygens (including phenoxy) is 1. The van der Waals surface area contributed by atoms with Crippen LogP contribution in [-0.2, 0) is 10.9 Å². The van der Waals surface area contributed by atoms with Gasteiger partial charge in [-0.2, -0.15) is 18.3 Å². The lowest BCUT2D eigenvalue weighted by molar-refractivity contribution is -0.137. The molecule has 2 aromatic heterocycles. The molecule has 0 fully saturated rings. The lowest BCUT2D eigenvalue weighted by Gasteiger charge is -2.14. The van der Waals surface area contributed by atoms with Crippen molar-refractivity contribution in [3.8, 4) is 22.4 Å². The first-order valence-corrected chi connectivity index (χ1v) is 10.1. The summed E-state index contributed by atoms with van der Waals surface area (Å²) in [5.41, 5.74) is 2.16. The van der Waals surface area contributed by atoms with E-state index in [-0.39, 0.29) is 17.8 Å². The third kappa shape index (κ3) is 3.82. The number of alkyl halides is 3. The minimum Gasteiger partial charge on any atom is -0.462 e. The number of esters is 1. The zero-order valence-electron chi connectivity index (χ0n) is 17.1. The second-order valence-corrected chi connectivity index (χ2v) is 7.40. The van der Waals surface area contributed by atoms with Crippen LogP contribution in [0.25, 0.3) is 28.0 Å². The molecule has 0 spiro atoms. The molecule has 0 saturated heterocycles. The van der Waals surface area contributed by atoms with E-state index in [2.05, 4.69) is 10.1 Å². The van der Waals surface area contributed by atoms with Gasteiger partial charge in [-0.3, -0.25) is 0 Å². The molecule has 2 heterocycles. The van der Waals surface area contributed by atoms with Crippen LogP contribution in [-0.4, -0.2) is 27.2 Å². The highest BCUT2D eigenvalue weighted by atomic mass is 35.5. The van der Waals surface area contributed by atoms with E-state index in [1.165, 1.54) is 22.8 Å². The van der Waals surface area contributed by atoms with Crippen LogP contribution in [0.3, 0.4) is 0 Å². The maximum absolute atomic E-state index is 13.1. The summed E-state index contributed by atoms with van der Waals surface area (Å²) in [7, 11) is 0. The fourth-order valence-corrected chi connectivity index (χ4v) is 3.74. The van der Waals surface area contributed by atoms with Gasteiger partial charge in [-0.25, -0.2) is 14.3 Å². The molecule has 32 heavy (non-hydrogen) atoms. The van der Waals surface area contributed by atoms with Gasteiger partial charge in [0.25, 0.3) is 0 Å². The number of aryl methyl sites for hydroxylation is 1. The van der Waals surface area contributed by atoms with Crippen LogP contribution >= 0.6 is 11.6 Å². The minimum atomic E-state index is -4.46. The Kier molecular flexibility index (Phi) is 5.64. The van der Waals surface area contributed by atoms with Gasteiger partial charge in [-0.1, -0.05) is 41.9 Å². The summed E-state index contributed by atoms with van der Waals surface area (Å²) in [6.07, 6.45) is -2.93. The largest absolute Gasteiger partial charge is 0.462 e. The highest BCUT2D eigenvalue weighted by Crippen LogP contribution is 2.38. The maximum atomic E-state index is 13.1. The number of rotatable bonds is 4. The molecule has 4 rings (SSSR count). The maximum Gasteiger partial charge on any atom is 0.416 e. The summed E-state index contributed by atoms with van der Waals surface area (Å²) in [5, 5.41) is 4.91. The molecule has 5 nitrogen and oxygen atoms in total. The summed E-state index contributed by atoms with van der Waals surface area (Å²) >= 11 is 6.40. The van der Waals surface area contributed by atoms with Crippen molar-refractivity contribution in [2.24, 2.45) is 0 Å². The fraction of sp³-hybridized carbons (Fsp3) is 0.174. The van der Waals surface area contributed by atoms with Crippen LogP contribution < -0.4 is 0 Å². The molecule has 0 aliphatic carbocycles. The highest BCUT2D eigenvalue weighted by molar-refractivity contribution is 6.33. The fourth-order valence-electron chi connectivity index (χ4n) is 3.50. The van der Waals surface area contributed by atoms with E-state index in [1.54, 1.807) is 38.1 Å². The van der Waals surface area contributed by atoms with Crippen LogP contribution in [0.15, 0.2) is 54.7 Å². The predicted octanol–water partition coefficient (Wildman–Crippen LogP) is 6.22. The number of hydrogen-bond donors (Lipinski definition) is 0. The minimum absolute atomic E-state index is 0.180. The Morgan fingerprint density at radius 3 is 2.41 bits per heavy atom. The topological polar surface area (TPSA) is 56.5 Å². The zero-order valence-corrected chi connectivity index (χ0v) is 17.8. The summed E-state index contributed by atoms with van der Waals surface area (Å²) in [6, 6.07) is 11.8. The van der Waals surface area contributed by atoms with Crippen LogP contribution in [0.2, 0.25) is 5.02 Å². The molecular weight excluding hydrogens is 443 g/mol. The van der Waals surface area contributed by atoms with Gasteiger partial charge in [0.2, 0.25) is 0 Å². The quantitative estimate of drug-likeness (QED) is 0.340. The Bertz CT molecular complexity index is 1310. The number of benzene rings is 2. The van der Waals surface area contributed by atoms with Crippen LogP contribution in [0.4, 0.5) is 13.2 Å². The van der Waals surface area contributed by atoms with Crippen molar-refractivity contribution in [3.05, 3.63) is 76.6 Å². The smallest absolute Gasteiger partial charge is 0.416 e. The zero-order chi connectivity index (χ0) is 23.0. The van der Waals surface area contributed by atoms with Gasteiger partial charge in [-0.05, 0) is 32.0 Å². The van der Waals surface area contributed by atoms with Crippen molar-refractivity contribution in [2.75, 3.05) is 6.61 Å². The number of fused-ring (bicyclic) bond motifs is 1. The van der Waals surface area contributed by atoms with Gasteiger partial charge < -0.3 is 4.74 Å². The Hall–Kier alpha value is -3.39. The standard InChI is InChI=1S/C23H17ClF3N3O2/c1-3-32-22(31)19-13(2)29-30-20(14-8-10-15(11-9-14)23(25,26)27)17(12-28-21(19)30)16-6-4-5-7-18(16)24/h4-12H,3H2,1-2H3. The van der Waals surface area contributed by atoms with Crippen molar-refractivity contribution in [1.29, 1.82) is 0 Å². The Labute approximate surface area is 186 Å². The SMILES string of the molecule is CCOC(=O)c1c(C)nn2c(-c3ccc(C(F)(F)F)cc3)c(-c3ccccc3Cl)cnc12. The summed E-state index contributed by atoms with van der Waals surface area (Å²) < 4.78 is 45.9. The third-order valence-electron chi connectivity index (χ3n) is 4.95. The molecule has 0 aliphatic heterocycles. The Balaban J connectivity index is 2.03. The summed E-state index contributed by atoms with van der Waals surface area (Å²) in [5.74, 6) is -0.573. The molecule has 0 amide bonds. The van der Waals surface area contributed by atoms with E-state index in [0.29, 0.717) is 33.1 Å². The second kappa shape index (κ2) is 8.27. The monoisotopic (exact) mass is 459 g/mol. The van der Waals surface area contributed by atoms with E-state index in [9.17, 15) is 18.0 Å². The van der Waals surface area contributed by atoms with E-state index in [4.69, 9.17) is 16.3 Å². The first-order chi connectivity index (χ1) is 15.2. The molecule has 164 valence electrons. The van der Waals surface area contributed by atoms with Crippen LogP contribution in [0.5, 0.6) is 0 Å². The van der Waals surface area contributed by atoms with Crippen LogP contribution in [0.1, 0.15) is 28.5 Å². The molecule has 2 aromatic carbocycles. The first kappa shape index (κ1) is 21.8. The van der Waals surface area contributed by atoms with Crippen molar-refractivity contribution >= 4 is 23.2 Å². The number of hydrogen-bond acceptors (Lipinski definition) is 4. The lowest BCUT2D eigenvalue weighted by atomic mass is 9.99. The van der Waals surface area contributed by atoms with E-state index < -0.39 is 17.7 Å². The first-order valence-electron chi connectivity index (χ1n) is 9.70. The van der Waals surface area contributed by atoms with Crippen molar-refractivity contribution < 1.29 is 22.7 Å². The van der Waals surface area contributed by atoms with E-state index in [0.717, 1.165) is 12.1 Å². The number of carbonyl (C=O) groups excluding carboxylic acids is 1. The van der Waals surface area contributed by atoms with Gasteiger partial charge in [0.05, 0.1) is 23.6 Å². The molecule has 0 radical (unpaired) electrons. The Morgan fingerprint density at radius 2 is 1.78 bits per heavy atom. The van der Waals surface area contributed by atoms with Crippen molar-refractivity contribution in [3.63, 3.8) is 0 Å². The van der Waals surface area contributed by atoms with E-state index >= 15 is 0 Å². The van der Waals surface area contributed by atoms with Gasteiger partial charge in [0.1, 0.15) is 5.56 Å². The van der Waals surface area contributed by atoms with Gasteiger partial charge in [0, 0.05) is 27.9 Å². The van der Waals surface area contributed by atoms with E-state index in [1.807, 2.05) is 0 Å². The van der Waals surface area contributed by atoms with Crippen LogP contribution in [0, 0.1) is 6.92 Å². The molecule has 0 atom stereocenters. The molecule has 0 aliphatic rings. The second-order valence-electron chi connectivity index (χ2n) is 6.99. The molecule has 9 heteroatoms. The van der Waals surface area contributed by atoms with Crippen molar-refractivity contribution in [1.82, 2.24) is 14.6 Å². The average Bonchev–Trinajstić information content (AvgIpc) is 3.09. The Morgan fingerprint density at radius 1 is 1.09 bits per heavy atom. The molecule has 0 unspecified atom stereocenters. The average molecular weight is 460 g/mol. The van der Waals surface area contributed by atoms with Gasteiger partial charge in [0.15, 0.2) is 5.65 Å². The molecular formula is C23H17ClF3N3O2. The molecule has 0 bridgehead atoms. The number of aromatic nitrogens is 3. The molecule has 0 saturated carbocycles. The van der Waals surface area contributed by atoms with Gasteiger partial charge >= 0.3 is 12.1 Å². The summed E-state index contributed by atoms with van der Waals surface area (Å²) in [6.45, 7) is 3.52. The summed E-state index contributed by atoms with van der Waals surface area (Å²) in [4.78, 5) is 16.9. The normalized spacial score (nSPS) is 11.7. The lowest BCUT2D eigenvalue weighted by Crippen LogP contribution is -2.07. The van der Waals surface area contributed by atoms with Gasteiger partial charge in [-0.15, -0.1) is 0 Å². The number of halogens is 4. The van der Waals surface area contributed by atoms with Crippen molar-refractivity contribution in [2.45, 2.75) is 20.0 Å². The third-order valence-corrected chi connectivity index (χ3v) is 5.28. The number of carbonyl (C=O) groups is 1. The highest BCUT2D eigenvalue weighted by Gasteiger charge is 2.30. The number of nitrogens with zero attached hydrogens (tertiary/aromatic N) is 3. The molecule has 4 aromatic rings. The predicted molar refractivity (Wildman–Crippen MR) is 115 cm³/mol. The molecule has 0 N–H and O–H groups in total.